The van der Waals surface area contributed by atoms with Crippen molar-refractivity contribution in [1.82, 2.24) is 0 Å². The SMILES string of the molecule is CCCC(OC)C(C(=O)O[SiH]1CCCCC1)=C(OC)OC. The van der Waals surface area contributed by atoms with Gasteiger partial charge in [0, 0.05) is 7.11 Å². The molecule has 0 aromatic carbocycles. The number of ether oxygens (including phenoxy) is 3. The molecule has 0 aromatic heterocycles. The highest BCUT2D eigenvalue weighted by atomic mass is 28.3. The minimum atomic E-state index is -1.43. The molecule has 122 valence electrons. The highest BCUT2D eigenvalue weighted by Gasteiger charge is 2.31. The van der Waals surface area contributed by atoms with Gasteiger partial charge in [-0.05, 0) is 18.5 Å². The maximum absolute atomic E-state index is 12.6. The molecule has 1 aliphatic rings. The van der Waals surface area contributed by atoms with E-state index in [0.29, 0.717) is 5.57 Å². The molecular formula is C15H28O5Si. The number of methoxy groups -OCH3 is 3. The molecule has 0 saturated carbocycles. The van der Waals surface area contributed by atoms with Crippen molar-refractivity contribution < 1.29 is 23.4 Å². The summed E-state index contributed by atoms with van der Waals surface area (Å²) in [4.78, 5) is 12.6. The second kappa shape index (κ2) is 9.84. The average molecular weight is 316 g/mol. The van der Waals surface area contributed by atoms with E-state index < -0.39 is 9.04 Å². The average Bonchev–Trinajstić information content (AvgIpc) is 2.51. The molecule has 0 bridgehead atoms. The van der Waals surface area contributed by atoms with Crippen molar-refractivity contribution in [3.63, 3.8) is 0 Å². The summed E-state index contributed by atoms with van der Waals surface area (Å²) < 4.78 is 21.6. The first-order valence-electron chi connectivity index (χ1n) is 7.73. The molecule has 1 fully saturated rings. The van der Waals surface area contributed by atoms with Crippen LogP contribution in [0.25, 0.3) is 0 Å². The molecular weight excluding hydrogens is 288 g/mol. The summed E-state index contributed by atoms with van der Waals surface area (Å²) in [6.45, 7) is 2.05. The molecule has 1 saturated heterocycles. The van der Waals surface area contributed by atoms with E-state index in [1.165, 1.54) is 33.5 Å². The van der Waals surface area contributed by atoms with E-state index in [4.69, 9.17) is 18.6 Å². The third kappa shape index (κ3) is 5.35. The molecule has 0 aromatic rings. The van der Waals surface area contributed by atoms with Gasteiger partial charge in [0.05, 0.1) is 20.3 Å². The van der Waals surface area contributed by atoms with E-state index in [-0.39, 0.29) is 18.0 Å². The summed E-state index contributed by atoms with van der Waals surface area (Å²) in [6, 6.07) is 2.14. The predicted octanol–water partition coefficient (Wildman–Crippen LogP) is 2.76. The first-order chi connectivity index (χ1) is 10.2. The zero-order valence-electron chi connectivity index (χ0n) is 13.6. The van der Waals surface area contributed by atoms with Crippen LogP contribution in [0.5, 0.6) is 0 Å². The van der Waals surface area contributed by atoms with Crippen LogP contribution in [0.1, 0.15) is 39.0 Å². The van der Waals surface area contributed by atoms with Crippen molar-refractivity contribution in [2.24, 2.45) is 0 Å². The van der Waals surface area contributed by atoms with Crippen molar-refractivity contribution in [2.45, 2.75) is 57.2 Å². The number of carbonyl (C=O) groups is 1. The fourth-order valence-corrected chi connectivity index (χ4v) is 5.13. The van der Waals surface area contributed by atoms with Gasteiger partial charge in [-0.1, -0.05) is 32.6 Å². The van der Waals surface area contributed by atoms with Crippen molar-refractivity contribution >= 4 is 15.0 Å². The highest BCUT2D eigenvalue weighted by Crippen LogP contribution is 2.24. The van der Waals surface area contributed by atoms with Crippen molar-refractivity contribution in [1.29, 1.82) is 0 Å². The molecule has 21 heavy (non-hydrogen) atoms. The molecule has 1 heterocycles. The Bertz CT molecular complexity index is 344. The van der Waals surface area contributed by atoms with Gasteiger partial charge >= 0.3 is 5.97 Å². The normalized spacial score (nSPS) is 17.0. The molecule has 0 aliphatic carbocycles. The Kier molecular flexibility index (Phi) is 8.45. The van der Waals surface area contributed by atoms with Crippen LogP contribution in [0, 0.1) is 0 Å². The largest absolute Gasteiger partial charge is 0.518 e. The lowest BCUT2D eigenvalue weighted by atomic mass is 10.1. The summed E-state index contributed by atoms with van der Waals surface area (Å²) in [7, 11) is 3.14. The van der Waals surface area contributed by atoms with Crippen LogP contribution in [0.2, 0.25) is 12.1 Å². The lowest BCUT2D eigenvalue weighted by molar-refractivity contribution is -0.133. The Labute approximate surface area is 129 Å². The number of hydrogen-bond acceptors (Lipinski definition) is 5. The Hall–Kier alpha value is -1.01. The highest BCUT2D eigenvalue weighted by molar-refractivity contribution is 6.54. The molecule has 0 radical (unpaired) electrons. The Morgan fingerprint density at radius 3 is 2.19 bits per heavy atom. The lowest BCUT2D eigenvalue weighted by Crippen LogP contribution is -2.31. The molecule has 0 N–H and O–H groups in total. The van der Waals surface area contributed by atoms with Crippen LogP contribution >= 0.6 is 0 Å². The summed E-state index contributed by atoms with van der Waals surface area (Å²) in [6.07, 6.45) is 4.87. The van der Waals surface area contributed by atoms with Gasteiger partial charge in [0.2, 0.25) is 9.04 Å². The standard InChI is InChI=1S/C15H28O5Si/c1-5-9-12(17-2)13(15(18-3)19-4)14(16)20-21-10-7-6-8-11-21/h12,21H,5-11H2,1-4H3. The monoisotopic (exact) mass is 316 g/mol. The first kappa shape index (κ1) is 18.0. The molecule has 1 atom stereocenters. The summed E-state index contributed by atoms with van der Waals surface area (Å²) in [5, 5.41) is 0. The minimum absolute atomic E-state index is 0.199. The molecule has 0 amide bonds. The third-order valence-electron chi connectivity index (χ3n) is 3.79. The van der Waals surface area contributed by atoms with Crippen LogP contribution in [-0.2, 0) is 23.4 Å². The van der Waals surface area contributed by atoms with E-state index in [0.717, 1.165) is 24.9 Å². The molecule has 5 nitrogen and oxygen atoms in total. The quantitative estimate of drug-likeness (QED) is 0.391. The second-order valence-corrected chi connectivity index (χ2v) is 7.92. The second-order valence-electron chi connectivity index (χ2n) is 5.29. The first-order valence-corrected chi connectivity index (χ1v) is 9.84. The van der Waals surface area contributed by atoms with Crippen LogP contribution in [0.3, 0.4) is 0 Å². The number of rotatable bonds is 8. The molecule has 0 spiro atoms. The van der Waals surface area contributed by atoms with E-state index >= 15 is 0 Å². The fourth-order valence-electron chi connectivity index (χ4n) is 2.69. The van der Waals surface area contributed by atoms with Gasteiger partial charge in [0.15, 0.2) is 0 Å². The topological polar surface area (TPSA) is 54.0 Å². The van der Waals surface area contributed by atoms with E-state index in [2.05, 4.69) is 0 Å². The van der Waals surface area contributed by atoms with Gasteiger partial charge in [-0.25, -0.2) is 4.79 Å². The van der Waals surface area contributed by atoms with E-state index in [1.54, 1.807) is 7.11 Å². The van der Waals surface area contributed by atoms with Gasteiger partial charge < -0.3 is 18.6 Å². The van der Waals surface area contributed by atoms with Gasteiger partial charge in [-0.3, -0.25) is 0 Å². The maximum atomic E-state index is 12.6. The van der Waals surface area contributed by atoms with Crippen LogP contribution in [0.15, 0.2) is 11.5 Å². The van der Waals surface area contributed by atoms with Gasteiger partial charge in [-0.15, -0.1) is 0 Å². The Morgan fingerprint density at radius 2 is 1.71 bits per heavy atom. The van der Waals surface area contributed by atoms with Crippen molar-refractivity contribution in [2.75, 3.05) is 21.3 Å². The summed E-state index contributed by atoms with van der Waals surface area (Å²) in [5.41, 5.74) is 0.377. The van der Waals surface area contributed by atoms with Crippen molar-refractivity contribution in [3.8, 4) is 0 Å². The number of carbonyl (C=O) groups excluding carboxylic acids is 1. The van der Waals surface area contributed by atoms with E-state index in [9.17, 15) is 4.79 Å². The van der Waals surface area contributed by atoms with Crippen LogP contribution in [0.4, 0.5) is 0 Å². The summed E-state index contributed by atoms with van der Waals surface area (Å²) >= 11 is 0. The van der Waals surface area contributed by atoms with Crippen LogP contribution < -0.4 is 0 Å². The zero-order chi connectivity index (χ0) is 15.7. The molecule has 1 rings (SSSR count). The fraction of sp³-hybridized carbons (Fsp3) is 0.800. The smallest absolute Gasteiger partial charge is 0.330 e. The van der Waals surface area contributed by atoms with Crippen LogP contribution in [-0.4, -0.2) is 42.4 Å². The van der Waals surface area contributed by atoms with Crippen molar-refractivity contribution in [3.05, 3.63) is 11.5 Å². The zero-order valence-corrected chi connectivity index (χ0v) is 14.8. The predicted molar refractivity (Wildman–Crippen MR) is 83.5 cm³/mol. The Morgan fingerprint density at radius 1 is 1.10 bits per heavy atom. The number of hydrogen-bond donors (Lipinski definition) is 0. The third-order valence-corrected chi connectivity index (χ3v) is 6.45. The van der Waals surface area contributed by atoms with Gasteiger partial charge in [0.1, 0.15) is 5.57 Å². The summed E-state index contributed by atoms with van der Waals surface area (Å²) in [5.74, 6) is -0.127. The minimum Gasteiger partial charge on any atom is -0.518 e. The van der Waals surface area contributed by atoms with Gasteiger partial charge in [-0.2, -0.15) is 0 Å². The Balaban J connectivity index is 2.88. The molecule has 6 heteroatoms. The molecule has 1 unspecified atom stereocenters. The maximum Gasteiger partial charge on any atom is 0.330 e. The lowest BCUT2D eigenvalue weighted by Gasteiger charge is -2.24. The van der Waals surface area contributed by atoms with E-state index in [1.807, 2.05) is 6.92 Å². The van der Waals surface area contributed by atoms with Gasteiger partial charge in [0.25, 0.3) is 5.95 Å². The molecule has 1 aliphatic heterocycles.